The third-order valence-corrected chi connectivity index (χ3v) is 2.58. The van der Waals surface area contributed by atoms with Gasteiger partial charge >= 0.3 is 11.9 Å². The largest absolute Gasteiger partial charge is 0.466 e. The van der Waals surface area contributed by atoms with Crippen molar-refractivity contribution in [1.29, 1.82) is 0 Å². The van der Waals surface area contributed by atoms with Crippen LogP contribution in [0.4, 0.5) is 0 Å². The standard InChI is InChI=1S/C12H19N3O4/c1-8(2)5-10(12(17)18-4)19-11(16)9(3)15-7-13-6-14-15/h6-10H,5H2,1-4H3/t9-,10-/m1/s1. The molecule has 0 aliphatic heterocycles. The predicted octanol–water partition coefficient (Wildman–Crippen LogP) is 0.970. The summed E-state index contributed by atoms with van der Waals surface area (Å²) in [6, 6.07) is -0.637. The fourth-order valence-corrected chi connectivity index (χ4v) is 1.52. The molecule has 0 N–H and O–H groups in total. The monoisotopic (exact) mass is 269 g/mol. The summed E-state index contributed by atoms with van der Waals surface area (Å²) in [4.78, 5) is 27.2. The van der Waals surface area contributed by atoms with E-state index in [1.807, 2.05) is 13.8 Å². The van der Waals surface area contributed by atoms with Gasteiger partial charge < -0.3 is 9.47 Å². The summed E-state index contributed by atoms with van der Waals surface area (Å²) in [5, 5.41) is 3.86. The van der Waals surface area contributed by atoms with Crippen molar-refractivity contribution in [2.24, 2.45) is 5.92 Å². The van der Waals surface area contributed by atoms with Crippen molar-refractivity contribution in [3.05, 3.63) is 12.7 Å². The number of rotatable bonds is 6. The quantitative estimate of drug-likeness (QED) is 0.715. The van der Waals surface area contributed by atoms with Gasteiger partial charge in [0.15, 0.2) is 6.10 Å². The molecule has 1 heterocycles. The molecule has 0 amide bonds. The van der Waals surface area contributed by atoms with Gasteiger partial charge in [-0.15, -0.1) is 0 Å². The van der Waals surface area contributed by atoms with Crippen LogP contribution < -0.4 is 0 Å². The van der Waals surface area contributed by atoms with E-state index in [1.165, 1.54) is 24.4 Å². The molecule has 0 aromatic carbocycles. The average molecular weight is 269 g/mol. The Kier molecular flexibility index (Phi) is 5.47. The molecular weight excluding hydrogens is 250 g/mol. The van der Waals surface area contributed by atoms with Crippen molar-refractivity contribution in [2.75, 3.05) is 7.11 Å². The first-order chi connectivity index (χ1) is 8.95. The molecule has 1 aromatic rings. The van der Waals surface area contributed by atoms with E-state index in [1.54, 1.807) is 6.92 Å². The second-order valence-corrected chi connectivity index (χ2v) is 4.63. The van der Waals surface area contributed by atoms with Crippen LogP contribution in [-0.4, -0.2) is 39.9 Å². The van der Waals surface area contributed by atoms with Gasteiger partial charge in [0.2, 0.25) is 0 Å². The lowest BCUT2D eigenvalue weighted by Gasteiger charge is -2.19. The maximum atomic E-state index is 11.9. The van der Waals surface area contributed by atoms with Crippen LogP contribution in [0, 0.1) is 5.92 Å². The average Bonchev–Trinajstić information content (AvgIpc) is 2.89. The van der Waals surface area contributed by atoms with E-state index in [0.29, 0.717) is 6.42 Å². The van der Waals surface area contributed by atoms with E-state index in [-0.39, 0.29) is 5.92 Å². The number of nitrogens with zero attached hydrogens (tertiary/aromatic N) is 3. The predicted molar refractivity (Wildman–Crippen MR) is 66.1 cm³/mol. The van der Waals surface area contributed by atoms with Crippen molar-refractivity contribution in [3.8, 4) is 0 Å². The van der Waals surface area contributed by atoms with E-state index in [9.17, 15) is 9.59 Å². The van der Waals surface area contributed by atoms with Gasteiger partial charge in [0, 0.05) is 0 Å². The fourth-order valence-electron chi connectivity index (χ4n) is 1.52. The molecule has 0 saturated carbocycles. The summed E-state index contributed by atoms with van der Waals surface area (Å²) in [6.07, 6.45) is 2.28. The molecule has 2 atom stereocenters. The van der Waals surface area contributed by atoms with Gasteiger partial charge in [-0.25, -0.2) is 19.3 Å². The Morgan fingerprint density at radius 2 is 1.95 bits per heavy atom. The van der Waals surface area contributed by atoms with Crippen LogP contribution in [0.5, 0.6) is 0 Å². The summed E-state index contributed by atoms with van der Waals surface area (Å²) in [7, 11) is 1.27. The minimum Gasteiger partial charge on any atom is -0.466 e. The number of carbonyl (C=O) groups excluding carboxylic acids is 2. The van der Waals surface area contributed by atoms with E-state index >= 15 is 0 Å². The molecule has 0 unspecified atom stereocenters. The van der Waals surface area contributed by atoms with Crippen molar-refractivity contribution in [3.63, 3.8) is 0 Å². The highest BCUT2D eigenvalue weighted by molar-refractivity contribution is 5.80. The minimum absolute atomic E-state index is 0.207. The number of aromatic nitrogens is 3. The zero-order valence-corrected chi connectivity index (χ0v) is 11.6. The molecule has 7 heteroatoms. The van der Waals surface area contributed by atoms with Gasteiger partial charge in [-0.2, -0.15) is 5.10 Å². The topological polar surface area (TPSA) is 83.3 Å². The minimum atomic E-state index is -0.886. The van der Waals surface area contributed by atoms with E-state index in [2.05, 4.69) is 14.8 Å². The van der Waals surface area contributed by atoms with Crippen LogP contribution in [-0.2, 0) is 19.1 Å². The first kappa shape index (κ1) is 15.1. The highest BCUT2D eigenvalue weighted by Gasteiger charge is 2.28. The van der Waals surface area contributed by atoms with Crippen LogP contribution in [0.25, 0.3) is 0 Å². The molecule has 0 aliphatic carbocycles. The van der Waals surface area contributed by atoms with Crippen LogP contribution in [0.15, 0.2) is 12.7 Å². The van der Waals surface area contributed by atoms with Crippen LogP contribution in [0.3, 0.4) is 0 Å². The Labute approximate surface area is 111 Å². The van der Waals surface area contributed by atoms with Crippen molar-refractivity contribution in [1.82, 2.24) is 14.8 Å². The first-order valence-corrected chi connectivity index (χ1v) is 6.08. The van der Waals surface area contributed by atoms with E-state index in [0.717, 1.165) is 0 Å². The molecule has 0 radical (unpaired) electrons. The summed E-state index contributed by atoms with van der Waals surface area (Å²) < 4.78 is 11.2. The fraction of sp³-hybridized carbons (Fsp3) is 0.667. The lowest BCUT2D eigenvalue weighted by molar-refractivity contribution is -0.169. The SMILES string of the molecule is COC(=O)[C@@H](CC(C)C)OC(=O)[C@@H](C)n1cncn1. The van der Waals surface area contributed by atoms with Gasteiger partial charge in [0.25, 0.3) is 0 Å². The highest BCUT2D eigenvalue weighted by atomic mass is 16.6. The Morgan fingerprint density at radius 3 is 2.42 bits per heavy atom. The second kappa shape index (κ2) is 6.86. The van der Waals surface area contributed by atoms with Gasteiger partial charge in [-0.3, -0.25) is 0 Å². The molecule has 1 rings (SSSR count). The Bertz CT molecular complexity index is 417. The van der Waals surface area contributed by atoms with Crippen LogP contribution >= 0.6 is 0 Å². The van der Waals surface area contributed by atoms with Gasteiger partial charge in [0.1, 0.15) is 18.7 Å². The summed E-state index contributed by atoms with van der Waals surface area (Å²) in [6.45, 7) is 5.50. The van der Waals surface area contributed by atoms with Gasteiger partial charge in [-0.1, -0.05) is 13.8 Å². The van der Waals surface area contributed by atoms with Crippen LogP contribution in [0.2, 0.25) is 0 Å². The number of ether oxygens (including phenoxy) is 2. The number of hydrogen-bond acceptors (Lipinski definition) is 6. The number of methoxy groups -OCH3 is 1. The molecule has 1 aromatic heterocycles. The van der Waals surface area contributed by atoms with Gasteiger partial charge in [0.05, 0.1) is 7.11 Å². The maximum Gasteiger partial charge on any atom is 0.347 e. The molecule has 0 spiro atoms. The molecule has 0 aliphatic rings. The molecule has 7 nitrogen and oxygen atoms in total. The first-order valence-electron chi connectivity index (χ1n) is 6.08. The van der Waals surface area contributed by atoms with Crippen molar-refractivity contribution < 1.29 is 19.1 Å². The number of hydrogen-bond donors (Lipinski definition) is 0. The molecular formula is C12H19N3O4. The summed E-state index contributed by atoms with van der Waals surface area (Å²) in [5.74, 6) is -0.882. The Hall–Kier alpha value is -1.92. The number of carbonyl (C=O) groups is 2. The third-order valence-electron chi connectivity index (χ3n) is 2.58. The molecule has 106 valence electrons. The summed E-state index contributed by atoms with van der Waals surface area (Å²) in [5.41, 5.74) is 0. The zero-order valence-electron chi connectivity index (χ0n) is 11.6. The molecule has 0 saturated heterocycles. The van der Waals surface area contributed by atoms with E-state index < -0.39 is 24.1 Å². The van der Waals surface area contributed by atoms with Crippen molar-refractivity contribution in [2.45, 2.75) is 39.3 Å². The molecule has 19 heavy (non-hydrogen) atoms. The zero-order chi connectivity index (χ0) is 14.4. The lowest BCUT2D eigenvalue weighted by Crippen LogP contribution is -2.32. The second-order valence-electron chi connectivity index (χ2n) is 4.63. The number of esters is 2. The van der Waals surface area contributed by atoms with Gasteiger partial charge in [-0.05, 0) is 19.3 Å². The Morgan fingerprint density at radius 1 is 1.26 bits per heavy atom. The maximum absolute atomic E-state index is 11.9. The summed E-state index contributed by atoms with van der Waals surface area (Å²) >= 11 is 0. The lowest BCUT2D eigenvalue weighted by atomic mass is 10.1. The van der Waals surface area contributed by atoms with Crippen LogP contribution in [0.1, 0.15) is 33.2 Å². The highest BCUT2D eigenvalue weighted by Crippen LogP contribution is 2.14. The molecule has 0 bridgehead atoms. The van der Waals surface area contributed by atoms with E-state index in [4.69, 9.17) is 4.74 Å². The third kappa shape index (κ3) is 4.35. The smallest absolute Gasteiger partial charge is 0.347 e. The molecule has 0 fully saturated rings. The van der Waals surface area contributed by atoms with Crippen molar-refractivity contribution >= 4 is 11.9 Å². The normalized spacial score (nSPS) is 13.9. The Balaban J connectivity index is 2.67.